The Morgan fingerprint density at radius 1 is 1.53 bits per heavy atom. The van der Waals surface area contributed by atoms with Crippen LogP contribution in [0.3, 0.4) is 0 Å². The van der Waals surface area contributed by atoms with Gasteiger partial charge in [-0.25, -0.2) is 0 Å². The molecule has 6 nitrogen and oxygen atoms in total. The maximum Gasteiger partial charge on any atom is 0.273 e. The summed E-state index contributed by atoms with van der Waals surface area (Å²) in [5.74, 6) is -0.142. The van der Waals surface area contributed by atoms with Crippen LogP contribution >= 0.6 is 0 Å². The van der Waals surface area contributed by atoms with E-state index in [-0.39, 0.29) is 17.6 Å². The van der Waals surface area contributed by atoms with Gasteiger partial charge in [0.25, 0.3) is 11.6 Å². The fourth-order valence-corrected chi connectivity index (χ4v) is 2.24. The molecule has 1 aromatic rings. The van der Waals surface area contributed by atoms with E-state index in [1.54, 1.807) is 24.0 Å². The molecule has 1 N–H and O–H groups in total. The van der Waals surface area contributed by atoms with Crippen molar-refractivity contribution in [3.63, 3.8) is 0 Å². The number of carbonyl (C=O) groups excluding carboxylic acids is 1. The van der Waals surface area contributed by atoms with Crippen molar-refractivity contribution < 1.29 is 9.72 Å². The smallest absolute Gasteiger partial charge is 0.273 e. The molecule has 1 atom stereocenters. The number of amides is 1. The zero-order valence-corrected chi connectivity index (χ0v) is 11.0. The lowest BCUT2D eigenvalue weighted by Gasteiger charge is -2.31. The fourth-order valence-electron chi connectivity index (χ4n) is 2.24. The molecular weight excluding hydrogens is 246 g/mol. The van der Waals surface area contributed by atoms with Crippen molar-refractivity contribution in [1.29, 1.82) is 0 Å². The van der Waals surface area contributed by atoms with E-state index in [4.69, 9.17) is 0 Å². The number of rotatable bonds is 2. The van der Waals surface area contributed by atoms with E-state index in [1.165, 1.54) is 6.07 Å². The predicted octanol–water partition coefficient (Wildman–Crippen LogP) is 1.34. The number of carbonyl (C=O) groups is 1. The molecular formula is C13H17N3O3. The average molecular weight is 263 g/mol. The summed E-state index contributed by atoms with van der Waals surface area (Å²) >= 11 is 0. The van der Waals surface area contributed by atoms with Gasteiger partial charge in [0.15, 0.2) is 0 Å². The van der Waals surface area contributed by atoms with E-state index in [0.29, 0.717) is 24.2 Å². The van der Waals surface area contributed by atoms with Crippen LogP contribution in [0.5, 0.6) is 0 Å². The predicted molar refractivity (Wildman–Crippen MR) is 71.2 cm³/mol. The van der Waals surface area contributed by atoms with Gasteiger partial charge in [-0.05, 0) is 19.9 Å². The van der Waals surface area contributed by atoms with Crippen LogP contribution in [-0.4, -0.2) is 41.4 Å². The molecule has 102 valence electrons. The number of piperazine rings is 1. The summed E-state index contributed by atoms with van der Waals surface area (Å²) in [6.07, 6.45) is 0. The van der Waals surface area contributed by atoms with Crippen LogP contribution in [0, 0.1) is 17.0 Å². The number of nitro benzene ring substituents is 1. The lowest BCUT2D eigenvalue weighted by atomic mass is 10.1. The normalized spacial score (nSPS) is 19.3. The van der Waals surface area contributed by atoms with Gasteiger partial charge < -0.3 is 10.2 Å². The molecule has 0 spiro atoms. The Morgan fingerprint density at radius 2 is 2.26 bits per heavy atom. The molecule has 1 fully saturated rings. The first-order valence-electron chi connectivity index (χ1n) is 6.26. The SMILES string of the molecule is Cc1ccc(C(=O)N2CCN[C@H](C)C2)cc1[N+](=O)[O-]. The molecule has 1 aliphatic heterocycles. The van der Waals surface area contributed by atoms with Gasteiger partial charge in [0.05, 0.1) is 4.92 Å². The highest BCUT2D eigenvalue weighted by molar-refractivity contribution is 5.95. The monoisotopic (exact) mass is 263 g/mol. The molecule has 0 saturated carbocycles. The largest absolute Gasteiger partial charge is 0.336 e. The molecule has 2 rings (SSSR count). The van der Waals surface area contributed by atoms with E-state index >= 15 is 0 Å². The highest BCUT2D eigenvalue weighted by atomic mass is 16.6. The number of hydrogen-bond acceptors (Lipinski definition) is 4. The minimum absolute atomic E-state index is 0.00553. The van der Waals surface area contributed by atoms with Crippen molar-refractivity contribution in [3.8, 4) is 0 Å². The molecule has 0 bridgehead atoms. The summed E-state index contributed by atoms with van der Waals surface area (Å²) in [6.45, 7) is 5.68. The minimum Gasteiger partial charge on any atom is -0.336 e. The van der Waals surface area contributed by atoms with Crippen LogP contribution in [-0.2, 0) is 0 Å². The van der Waals surface area contributed by atoms with Crippen LogP contribution in [0.1, 0.15) is 22.8 Å². The Morgan fingerprint density at radius 3 is 2.89 bits per heavy atom. The van der Waals surface area contributed by atoms with Gasteiger partial charge in [-0.2, -0.15) is 0 Å². The third-order valence-corrected chi connectivity index (χ3v) is 3.31. The number of aryl methyl sites for hydroxylation is 1. The van der Waals surface area contributed by atoms with E-state index in [2.05, 4.69) is 5.32 Å². The molecule has 1 saturated heterocycles. The standard InChI is InChI=1S/C13H17N3O3/c1-9-3-4-11(7-12(9)16(18)19)13(17)15-6-5-14-10(2)8-15/h3-4,7,10,14H,5-6,8H2,1-2H3/t10-/m1/s1. The Labute approximate surface area is 111 Å². The minimum atomic E-state index is -0.452. The third-order valence-electron chi connectivity index (χ3n) is 3.31. The Bertz CT molecular complexity index is 516. The average Bonchev–Trinajstić information content (AvgIpc) is 2.38. The van der Waals surface area contributed by atoms with Gasteiger partial charge in [-0.15, -0.1) is 0 Å². The van der Waals surface area contributed by atoms with E-state index < -0.39 is 4.92 Å². The van der Waals surface area contributed by atoms with Gasteiger partial charge in [0, 0.05) is 42.9 Å². The Kier molecular flexibility index (Phi) is 3.80. The number of benzene rings is 1. The summed E-state index contributed by atoms with van der Waals surface area (Å²) in [5.41, 5.74) is 0.940. The molecule has 0 radical (unpaired) electrons. The van der Waals surface area contributed by atoms with Gasteiger partial charge >= 0.3 is 0 Å². The first-order valence-corrected chi connectivity index (χ1v) is 6.26. The lowest BCUT2D eigenvalue weighted by molar-refractivity contribution is -0.385. The van der Waals surface area contributed by atoms with E-state index in [9.17, 15) is 14.9 Å². The van der Waals surface area contributed by atoms with Gasteiger partial charge in [0.2, 0.25) is 0 Å². The number of nitrogens with one attached hydrogen (secondary N) is 1. The summed E-state index contributed by atoms with van der Waals surface area (Å²) in [7, 11) is 0. The maximum absolute atomic E-state index is 12.3. The highest BCUT2D eigenvalue weighted by Crippen LogP contribution is 2.20. The van der Waals surface area contributed by atoms with E-state index in [1.807, 2.05) is 6.92 Å². The summed E-state index contributed by atoms with van der Waals surface area (Å²) in [5, 5.41) is 14.2. The molecule has 1 heterocycles. The summed E-state index contributed by atoms with van der Waals surface area (Å²) < 4.78 is 0. The second kappa shape index (κ2) is 5.36. The van der Waals surface area contributed by atoms with Crippen molar-refractivity contribution in [3.05, 3.63) is 39.4 Å². The molecule has 1 aromatic carbocycles. The maximum atomic E-state index is 12.3. The topological polar surface area (TPSA) is 75.5 Å². The summed E-state index contributed by atoms with van der Waals surface area (Å²) in [4.78, 5) is 24.5. The van der Waals surface area contributed by atoms with Crippen LogP contribution < -0.4 is 5.32 Å². The number of nitro groups is 1. The molecule has 0 unspecified atom stereocenters. The van der Waals surface area contributed by atoms with Crippen LogP contribution in [0.2, 0.25) is 0 Å². The molecule has 0 aliphatic carbocycles. The van der Waals surface area contributed by atoms with Crippen molar-refractivity contribution >= 4 is 11.6 Å². The third kappa shape index (κ3) is 2.90. The molecule has 1 amide bonds. The second-order valence-electron chi connectivity index (χ2n) is 4.86. The first kappa shape index (κ1) is 13.5. The lowest BCUT2D eigenvalue weighted by Crippen LogP contribution is -2.51. The van der Waals surface area contributed by atoms with Gasteiger partial charge in [-0.1, -0.05) is 6.07 Å². The molecule has 1 aliphatic rings. The second-order valence-corrected chi connectivity index (χ2v) is 4.86. The van der Waals surface area contributed by atoms with Gasteiger partial charge in [-0.3, -0.25) is 14.9 Å². The van der Waals surface area contributed by atoms with Crippen LogP contribution in [0.25, 0.3) is 0 Å². The molecule has 19 heavy (non-hydrogen) atoms. The van der Waals surface area contributed by atoms with Gasteiger partial charge in [0.1, 0.15) is 0 Å². The van der Waals surface area contributed by atoms with Crippen LogP contribution in [0.15, 0.2) is 18.2 Å². The van der Waals surface area contributed by atoms with Crippen molar-refractivity contribution in [2.24, 2.45) is 0 Å². The quantitative estimate of drug-likeness (QED) is 0.645. The zero-order chi connectivity index (χ0) is 14.0. The summed E-state index contributed by atoms with van der Waals surface area (Å²) in [6, 6.07) is 4.89. The van der Waals surface area contributed by atoms with E-state index in [0.717, 1.165) is 6.54 Å². The van der Waals surface area contributed by atoms with Crippen molar-refractivity contribution in [2.75, 3.05) is 19.6 Å². The van der Waals surface area contributed by atoms with Crippen molar-refractivity contribution in [1.82, 2.24) is 10.2 Å². The Hall–Kier alpha value is -1.95. The number of hydrogen-bond donors (Lipinski definition) is 1. The Balaban J connectivity index is 2.24. The molecule has 6 heteroatoms. The van der Waals surface area contributed by atoms with Crippen molar-refractivity contribution in [2.45, 2.75) is 19.9 Å². The molecule has 0 aromatic heterocycles. The van der Waals surface area contributed by atoms with Crippen LogP contribution in [0.4, 0.5) is 5.69 Å². The zero-order valence-electron chi connectivity index (χ0n) is 11.0. The highest BCUT2D eigenvalue weighted by Gasteiger charge is 2.23. The number of nitrogens with zero attached hydrogens (tertiary/aromatic N) is 2. The fraction of sp³-hybridized carbons (Fsp3) is 0.462. The first-order chi connectivity index (χ1) is 8.99.